The lowest BCUT2D eigenvalue weighted by atomic mass is 10.1. The average Bonchev–Trinajstić information content (AvgIpc) is 2.68. The molecule has 94 valence electrons. The number of fused-ring (bicyclic) bond motifs is 1. The van der Waals surface area contributed by atoms with Gasteiger partial charge in [-0.05, 0) is 12.3 Å². The normalized spacial score (nSPS) is 31.2. The van der Waals surface area contributed by atoms with Gasteiger partial charge >= 0.3 is 5.97 Å². The molecule has 0 aromatic rings. The van der Waals surface area contributed by atoms with Gasteiger partial charge in [0, 0.05) is 0 Å². The lowest BCUT2D eigenvalue weighted by Gasteiger charge is -2.22. The topological polar surface area (TPSA) is 63.7 Å². The van der Waals surface area contributed by atoms with Gasteiger partial charge in [-0.2, -0.15) is 0 Å². The molecule has 2 fully saturated rings. The fraction of sp³-hybridized carbons (Fsp3) is 0.727. The van der Waals surface area contributed by atoms with Crippen molar-refractivity contribution in [2.45, 2.75) is 27.1 Å². The number of esters is 1. The van der Waals surface area contributed by atoms with Crippen LogP contribution in [0.1, 0.15) is 20.8 Å². The second-order valence-electron chi connectivity index (χ2n) is 4.91. The summed E-state index contributed by atoms with van der Waals surface area (Å²) in [6.45, 7) is 5.10. The summed E-state index contributed by atoms with van der Waals surface area (Å²) < 4.78 is 18.1. The number of nitrogens with zero attached hydrogens (tertiary/aromatic N) is 1. The van der Waals surface area contributed by atoms with E-state index < -0.39 is 41.3 Å². The van der Waals surface area contributed by atoms with E-state index in [9.17, 15) is 18.8 Å². The predicted molar refractivity (Wildman–Crippen MR) is 54.1 cm³/mol. The summed E-state index contributed by atoms with van der Waals surface area (Å²) in [5, 5.41) is 0. The molecule has 0 radical (unpaired) electrons. The van der Waals surface area contributed by atoms with E-state index in [-0.39, 0.29) is 6.61 Å². The first-order valence-corrected chi connectivity index (χ1v) is 5.51. The van der Waals surface area contributed by atoms with E-state index in [1.165, 1.54) is 6.92 Å². The number of hydrogen-bond acceptors (Lipinski definition) is 4. The van der Waals surface area contributed by atoms with Gasteiger partial charge in [0.2, 0.25) is 11.8 Å². The molecule has 1 aliphatic carbocycles. The van der Waals surface area contributed by atoms with Crippen molar-refractivity contribution in [3.05, 3.63) is 0 Å². The van der Waals surface area contributed by atoms with Crippen LogP contribution < -0.4 is 0 Å². The Kier molecular flexibility index (Phi) is 2.48. The van der Waals surface area contributed by atoms with Gasteiger partial charge in [-0.1, -0.05) is 13.8 Å². The summed E-state index contributed by atoms with van der Waals surface area (Å²) in [6.07, 6.45) is -2.31. The Labute approximate surface area is 97.9 Å². The van der Waals surface area contributed by atoms with Crippen LogP contribution in [0.15, 0.2) is 0 Å². The van der Waals surface area contributed by atoms with Crippen molar-refractivity contribution in [3.8, 4) is 0 Å². The third kappa shape index (κ3) is 1.46. The lowest BCUT2D eigenvalue weighted by molar-refractivity contribution is -0.167. The zero-order valence-corrected chi connectivity index (χ0v) is 9.90. The number of ether oxygens (including phenoxy) is 1. The van der Waals surface area contributed by atoms with E-state index in [0.717, 1.165) is 0 Å². The van der Waals surface area contributed by atoms with E-state index in [1.807, 2.05) is 0 Å². The first-order valence-electron chi connectivity index (χ1n) is 5.51. The van der Waals surface area contributed by atoms with Crippen LogP contribution in [0.25, 0.3) is 0 Å². The number of alkyl halides is 1. The van der Waals surface area contributed by atoms with E-state index in [0.29, 0.717) is 4.90 Å². The van der Waals surface area contributed by atoms with Gasteiger partial charge < -0.3 is 4.74 Å². The van der Waals surface area contributed by atoms with Gasteiger partial charge in [0.05, 0.1) is 18.4 Å². The molecule has 0 bridgehead atoms. The first-order chi connectivity index (χ1) is 7.84. The molecule has 0 aromatic heterocycles. The predicted octanol–water partition coefficient (Wildman–Crippen LogP) is 0.486. The highest BCUT2D eigenvalue weighted by Gasteiger charge is 2.73. The maximum absolute atomic E-state index is 13.6. The maximum atomic E-state index is 13.6. The molecule has 1 heterocycles. The number of amides is 2. The van der Waals surface area contributed by atoms with Crippen molar-refractivity contribution >= 4 is 17.8 Å². The fourth-order valence-corrected chi connectivity index (χ4v) is 2.51. The first kappa shape index (κ1) is 12.0. The summed E-state index contributed by atoms with van der Waals surface area (Å²) >= 11 is 0. The Morgan fingerprint density at radius 2 is 1.88 bits per heavy atom. The smallest absolute Gasteiger partial charge is 0.362 e. The highest BCUT2D eigenvalue weighted by Crippen LogP contribution is 2.63. The number of rotatable bonds is 3. The van der Waals surface area contributed by atoms with Crippen LogP contribution in [-0.2, 0) is 19.1 Å². The lowest BCUT2D eigenvalue weighted by Crippen LogP contribution is -2.46. The molecule has 2 rings (SSSR count). The van der Waals surface area contributed by atoms with Gasteiger partial charge in [0.25, 0.3) is 6.30 Å². The fourth-order valence-electron chi connectivity index (χ4n) is 2.51. The molecule has 2 amide bonds. The van der Waals surface area contributed by atoms with Crippen molar-refractivity contribution in [2.24, 2.45) is 17.3 Å². The summed E-state index contributed by atoms with van der Waals surface area (Å²) in [5.74, 6) is -3.37. The van der Waals surface area contributed by atoms with Gasteiger partial charge in [-0.3, -0.25) is 9.59 Å². The van der Waals surface area contributed by atoms with Crippen molar-refractivity contribution in [3.63, 3.8) is 0 Å². The van der Waals surface area contributed by atoms with Crippen molar-refractivity contribution < 1.29 is 23.5 Å². The third-order valence-electron chi connectivity index (χ3n) is 3.54. The summed E-state index contributed by atoms with van der Waals surface area (Å²) in [6, 6.07) is 0. The highest BCUT2D eigenvalue weighted by molar-refractivity contribution is 6.12. The largest absolute Gasteiger partial charge is 0.462 e. The van der Waals surface area contributed by atoms with E-state index in [4.69, 9.17) is 0 Å². The van der Waals surface area contributed by atoms with Crippen molar-refractivity contribution in [1.29, 1.82) is 0 Å². The molecule has 6 heteroatoms. The van der Waals surface area contributed by atoms with Crippen molar-refractivity contribution in [2.75, 3.05) is 6.61 Å². The highest BCUT2D eigenvalue weighted by atomic mass is 19.1. The van der Waals surface area contributed by atoms with Gasteiger partial charge in [0.1, 0.15) is 0 Å². The molecule has 1 aliphatic heterocycles. The summed E-state index contributed by atoms with van der Waals surface area (Å²) in [7, 11) is 0. The SMILES string of the molecule is CCOC(=O)C(F)N1C(=O)C2C(C1=O)C2(C)C. The molecule has 2 aliphatic rings. The van der Waals surface area contributed by atoms with Crippen LogP contribution >= 0.6 is 0 Å². The van der Waals surface area contributed by atoms with E-state index in [1.54, 1.807) is 13.8 Å². The molecule has 0 spiro atoms. The second kappa shape index (κ2) is 3.51. The maximum Gasteiger partial charge on any atom is 0.362 e. The second-order valence-corrected chi connectivity index (χ2v) is 4.91. The van der Waals surface area contributed by atoms with Crippen LogP contribution in [0.3, 0.4) is 0 Å². The Balaban J connectivity index is 2.13. The zero-order valence-electron chi connectivity index (χ0n) is 9.90. The number of carbonyl (C=O) groups is 3. The molecular formula is C11H14FNO4. The molecule has 1 saturated heterocycles. The molecular weight excluding hydrogens is 229 g/mol. The standard InChI is InChI=1S/C11H14FNO4/c1-4-17-10(16)7(12)13-8(14)5-6(9(13)15)11(5,2)3/h5-7H,4H2,1-3H3. The van der Waals surface area contributed by atoms with Crippen LogP contribution in [0, 0.1) is 17.3 Å². The molecule has 0 N–H and O–H groups in total. The Morgan fingerprint density at radius 3 is 2.29 bits per heavy atom. The summed E-state index contributed by atoms with van der Waals surface area (Å²) in [4.78, 5) is 35.1. The number of carbonyl (C=O) groups excluding carboxylic acids is 3. The van der Waals surface area contributed by atoms with Crippen molar-refractivity contribution in [1.82, 2.24) is 4.90 Å². The average molecular weight is 243 g/mol. The van der Waals surface area contributed by atoms with Crippen LogP contribution in [0.4, 0.5) is 4.39 Å². The molecule has 0 aromatic carbocycles. The van der Waals surface area contributed by atoms with Gasteiger partial charge in [-0.25, -0.2) is 14.1 Å². The molecule has 3 unspecified atom stereocenters. The Bertz CT molecular complexity index is 382. The van der Waals surface area contributed by atoms with E-state index in [2.05, 4.69) is 4.74 Å². The third-order valence-corrected chi connectivity index (χ3v) is 3.54. The van der Waals surface area contributed by atoms with Gasteiger partial charge in [-0.15, -0.1) is 0 Å². The minimum absolute atomic E-state index is 0.00776. The molecule has 1 saturated carbocycles. The number of piperidine rings is 1. The zero-order chi connectivity index (χ0) is 13.0. The van der Waals surface area contributed by atoms with Crippen LogP contribution in [0.2, 0.25) is 0 Å². The quantitative estimate of drug-likeness (QED) is 0.411. The van der Waals surface area contributed by atoms with E-state index >= 15 is 0 Å². The minimum Gasteiger partial charge on any atom is -0.462 e. The number of likely N-dealkylation sites (tertiary alicyclic amines) is 1. The Morgan fingerprint density at radius 1 is 1.41 bits per heavy atom. The molecule has 17 heavy (non-hydrogen) atoms. The monoisotopic (exact) mass is 243 g/mol. The molecule has 5 nitrogen and oxygen atoms in total. The van der Waals surface area contributed by atoms with Crippen LogP contribution in [0.5, 0.6) is 0 Å². The Hall–Kier alpha value is -1.46. The number of hydrogen-bond donors (Lipinski definition) is 0. The van der Waals surface area contributed by atoms with Gasteiger partial charge in [0.15, 0.2) is 0 Å². The number of halogens is 1. The minimum atomic E-state index is -2.31. The van der Waals surface area contributed by atoms with Crippen LogP contribution in [-0.4, -0.2) is 35.6 Å². The molecule has 3 atom stereocenters. The number of imide groups is 1. The summed E-state index contributed by atoms with van der Waals surface area (Å²) in [5.41, 5.74) is -0.404.